The quantitative estimate of drug-likeness (QED) is 0.595. The Kier molecular flexibility index (Phi) is 4.39. The summed E-state index contributed by atoms with van der Waals surface area (Å²) in [6.07, 6.45) is 0.997. The summed E-state index contributed by atoms with van der Waals surface area (Å²) < 4.78 is 0.824. The van der Waals surface area contributed by atoms with Gasteiger partial charge in [0.25, 0.3) is 0 Å². The third-order valence-corrected chi connectivity index (χ3v) is 4.54. The molecule has 0 aromatic carbocycles. The molecule has 0 rings (SSSR count). The van der Waals surface area contributed by atoms with Gasteiger partial charge in [-0.15, -0.1) is 0 Å². The molecule has 0 saturated heterocycles. The van der Waals surface area contributed by atoms with Crippen LogP contribution in [0, 0.1) is 0 Å². The first kappa shape index (κ1) is 8.58. The van der Waals surface area contributed by atoms with Crippen molar-refractivity contribution in [1.29, 1.82) is 0 Å². The molecule has 0 amide bonds. The van der Waals surface area contributed by atoms with Gasteiger partial charge in [-0.2, -0.15) is 0 Å². The Morgan fingerprint density at radius 2 is 1.71 bits per heavy atom. The van der Waals surface area contributed by atoms with Crippen LogP contribution in [0.25, 0.3) is 0 Å². The van der Waals surface area contributed by atoms with E-state index in [4.69, 9.17) is 27.9 Å². The molecule has 0 saturated carbocycles. The molecule has 7 heavy (non-hydrogen) atoms. The first-order valence-corrected chi connectivity index (χ1v) is 9.68. The van der Waals surface area contributed by atoms with Crippen LogP contribution in [0.15, 0.2) is 0 Å². The van der Waals surface area contributed by atoms with Crippen molar-refractivity contribution in [1.82, 2.24) is 0 Å². The molecule has 0 bridgehead atoms. The van der Waals surface area contributed by atoms with Crippen molar-refractivity contribution in [2.45, 2.75) is 18.1 Å². The third-order valence-electron chi connectivity index (χ3n) is 0.533. The summed E-state index contributed by atoms with van der Waals surface area (Å²) in [6, 6.07) is 0. The van der Waals surface area contributed by atoms with Gasteiger partial charge in [0.2, 0.25) is 0 Å². The van der Waals surface area contributed by atoms with Crippen LogP contribution in [-0.4, -0.2) is 0 Å². The summed E-state index contributed by atoms with van der Waals surface area (Å²) in [4.78, 5) is 0. The first-order chi connectivity index (χ1) is 3.06. The Bertz CT molecular complexity index is 48.6. The molecule has 0 radical (unpaired) electrons. The minimum atomic E-state index is -2.66. The topological polar surface area (TPSA) is 0 Å². The zero-order valence-electron chi connectivity index (χ0n) is 4.05. The molecule has 0 unspecified atom stereocenters. The van der Waals surface area contributed by atoms with Crippen LogP contribution < -0.4 is 0 Å². The van der Waals surface area contributed by atoms with E-state index in [1.54, 1.807) is 0 Å². The van der Waals surface area contributed by atoms with Crippen molar-refractivity contribution in [3.05, 3.63) is 0 Å². The van der Waals surface area contributed by atoms with E-state index in [2.05, 4.69) is 0 Å². The molecule has 0 aromatic rings. The van der Waals surface area contributed by atoms with Crippen molar-refractivity contribution >= 4 is 27.9 Å². The second kappa shape index (κ2) is 3.58. The average molecular weight is 197 g/mol. The fraction of sp³-hybridized carbons (Fsp3) is 1.00. The van der Waals surface area contributed by atoms with Crippen molar-refractivity contribution in [3.8, 4) is 0 Å². The average Bonchev–Trinajstić information content (AvgIpc) is 1.30. The summed E-state index contributed by atoms with van der Waals surface area (Å²) in [6.45, 7) is 2.02. The molecule has 0 aliphatic carbocycles. The fourth-order valence-corrected chi connectivity index (χ4v) is 3.51. The van der Waals surface area contributed by atoms with Gasteiger partial charge in [-0.25, -0.2) is 0 Å². The van der Waals surface area contributed by atoms with Crippen LogP contribution in [0.1, 0.15) is 13.3 Å². The third kappa shape index (κ3) is 7.58. The van der Waals surface area contributed by atoms with Gasteiger partial charge in [0.1, 0.15) is 0 Å². The summed E-state index contributed by atoms with van der Waals surface area (Å²) in [5.41, 5.74) is 0. The van der Waals surface area contributed by atoms with Crippen molar-refractivity contribution < 1.29 is 13.4 Å². The number of halogens is 3. The second-order valence-electron chi connectivity index (χ2n) is 1.37. The molecule has 0 heterocycles. The molecule has 0 aliphatic rings. The number of rotatable bonds is 2. The molecular formula is C3H7Cl3Ti. The molecule has 0 fully saturated rings. The summed E-state index contributed by atoms with van der Waals surface area (Å²) in [7, 11) is 16.7. The van der Waals surface area contributed by atoms with Gasteiger partial charge in [-0.1, -0.05) is 0 Å². The van der Waals surface area contributed by atoms with E-state index in [-0.39, 0.29) is 0 Å². The monoisotopic (exact) mass is 196 g/mol. The van der Waals surface area contributed by atoms with Crippen molar-refractivity contribution in [2.75, 3.05) is 0 Å². The Hall–Kier alpha value is 1.58. The Balaban J connectivity index is 3.15. The maximum absolute atomic E-state index is 5.55. The molecule has 0 atom stereocenters. The number of hydrogen-bond donors (Lipinski definition) is 0. The van der Waals surface area contributed by atoms with Crippen LogP contribution in [0.4, 0.5) is 0 Å². The van der Waals surface area contributed by atoms with Crippen LogP contribution >= 0.6 is 27.9 Å². The predicted molar refractivity (Wildman–Crippen MR) is 32.7 cm³/mol. The van der Waals surface area contributed by atoms with Crippen molar-refractivity contribution in [3.63, 3.8) is 0 Å². The molecule has 0 N–H and O–H groups in total. The molecule has 4 heteroatoms. The van der Waals surface area contributed by atoms with Gasteiger partial charge >= 0.3 is 59.4 Å². The zero-order chi connectivity index (χ0) is 5.91. The van der Waals surface area contributed by atoms with Crippen LogP contribution in [-0.2, 0) is 13.4 Å². The van der Waals surface area contributed by atoms with E-state index < -0.39 is 13.4 Å². The molecule has 0 aliphatic heterocycles. The van der Waals surface area contributed by atoms with E-state index >= 15 is 0 Å². The molecule has 44 valence electrons. The summed E-state index contributed by atoms with van der Waals surface area (Å²) >= 11 is -2.66. The van der Waals surface area contributed by atoms with E-state index in [0.29, 0.717) is 0 Å². The fourth-order valence-electron chi connectivity index (χ4n) is 0.283. The van der Waals surface area contributed by atoms with E-state index in [9.17, 15) is 0 Å². The molecule has 0 aromatic heterocycles. The van der Waals surface area contributed by atoms with Gasteiger partial charge in [0, 0.05) is 0 Å². The number of hydrogen-bond acceptors (Lipinski definition) is 0. The van der Waals surface area contributed by atoms with Gasteiger partial charge < -0.3 is 0 Å². The van der Waals surface area contributed by atoms with Crippen molar-refractivity contribution in [2.24, 2.45) is 0 Å². The van der Waals surface area contributed by atoms with Gasteiger partial charge in [0.05, 0.1) is 0 Å². The van der Waals surface area contributed by atoms with E-state index in [1.807, 2.05) is 6.92 Å². The molecule has 0 nitrogen and oxygen atoms in total. The van der Waals surface area contributed by atoms with Gasteiger partial charge in [0.15, 0.2) is 0 Å². The van der Waals surface area contributed by atoms with Crippen LogP contribution in [0.2, 0.25) is 4.73 Å². The Labute approximate surface area is 59.1 Å². The van der Waals surface area contributed by atoms with Gasteiger partial charge in [-0.3, -0.25) is 0 Å². The Morgan fingerprint density at radius 3 is 1.71 bits per heavy atom. The minimum absolute atomic E-state index is 0.824. The van der Waals surface area contributed by atoms with Crippen LogP contribution in [0.3, 0.4) is 0 Å². The molecular weight excluding hydrogens is 190 g/mol. The SMILES string of the molecule is CC[CH2][Ti]([Cl])([Cl])[Cl]. The normalized spacial score (nSPS) is 12.0. The van der Waals surface area contributed by atoms with Crippen LogP contribution in [0.5, 0.6) is 0 Å². The van der Waals surface area contributed by atoms with E-state index in [1.165, 1.54) is 0 Å². The predicted octanol–water partition coefficient (Wildman–Crippen LogP) is 3.43. The summed E-state index contributed by atoms with van der Waals surface area (Å²) in [5, 5.41) is 0. The summed E-state index contributed by atoms with van der Waals surface area (Å²) in [5.74, 6) is 0. The second-order valence-corrected chi connectivity index (χ2v) is 14.4. The zero-order valence-corrected chi connectivity index (χ0v) is 7.88. The molecule has 0 spiro atoms. The maximum atomic E-state index is 5.55. The first-order valence-electron chi connectivity index (χ1n) is 2.13. The Morgan fingerprint density at radius 1 is 1.29 bits per heavy atom. The van der Waals surface area contributed by atoms with E-state index in [0.717, 1.165) is 11.1 Å². The standard InChI is InChI=1S/C3H7.3ClH.Ti/c1-3-2;;;;/h1,3H2,2H3;3*1H;/q;;;;+3/p-3. The van der Waals surface area contributed by atoms with Gasteiger partial charge in [-0.05, 0) is 0 Å².